The Balaban J connectivity index is 3.00. The molecule has 0 aromatic carbocycles. The standard InChI is InChI=1S/C14H29N3O10/c1-5(20)17-6(2-16-15)9(22)13(7(21)3-18)27-14-12(25)11(24)10(23)8(4-19)26-14/h6-14,16,18-19,21-25H,2-4,15H2,1H3,(H,17,20)/t6-,7+,8+,9+,10-,11-,12+,13+,14-/m0/s1. The highest BCUT2D eigenvalue weighted by atomic mass is 16.7. The monoisotopic (exact) mass is 399 g/mol. The van der Waals surface area contributed by atoms with Crippen LogP contribution in [0.5, 0.6) is 0 Å². The number of carbonyl (C=O) groups excluding carboxylic acids is 1. The number of carbonyl (C=O) groups is 1. The maximum Gasteiger partial charge on any atom is 0.217 e. The van der Waals surface area contributed by atoms with Crippen molar-refractivity contribution in [3.63, 3.8) is 0 Å². The van der Waals surface area contributed by atoms with Crippen LogP contribution in [0.2, 0.25) is 0 Å². The topological polar surface area (TPSA) is 227 Å². The molecule has 13 nitrogen and oxygen atoms in total. The number of ether oxygens (including phenoxy) is 2. The number of nitrogens with two attached hydrogens (primary N) is 1. The maximum atomic E-state index is 11.3. The predicted octanol–water partition coefficient (Wildman–Crippen LogP) is -6.15. The second-order valence-electron chi connectivity index (χ2n) is 6.25. The van der Waals surface area contributed by atoms with E-state index in [4.69, 9.17) is 15.3 Å². The van der Waals surface area contributed by atoms with Crippen LogP contribution in [0.15, 0.2) is 0 Å². The number of hydrazine groups is 1. The second-order valence-corrected chi connectivity index (χ2v) is 6.25. The van der Waals surface area contributed by atoms with Crippen molar-refractivity contribution in [2.45, 2.75) is 62.0 Å². The molecule has 0 saturated carbocycles. The molecular formula is C14H29N3O10. The zero-order valence-electron chi connectivity index (χ0n) is 14.8. The molecular weight excluding hydrogens is 370 g/mol. The molecule has 0 aromatic rings. The number of amides is 1. The molecule has 9 atom stereocenters. The second kappa shape index (κ2) is 11.1. The number of aliphatic hydroxyl groups is 7. The van der Waals surface area contributed by atoms with Gasteiger partial charge in [-0.2, -0.15) is 0 Å². The Morgan fingerprint density at radius 2 is 1.81 bits per heavy atom. The minimum Gasteiger partial charge on any atom is -0.394 e. The number of rotatable bonds is 10. The Bertz CT molecular complexity index is 457. The van der Waals surface area contributed by atoms with Gasteiger partial charge in [-0.25, -0.2) is 0 Å². The van der Waals surface area contributed by atoms with Gasteiger partial charge >= 0.3 is 0 Å². The number of hydrogen-bond acceptors (Lipinski definition) is 12. The fourth-order valence-electron chi connectivity index (χ4n) is 2.71. The zero-order chi connectivity index (χ0) is 20.7. The summed E-state index contributed by atoms with van der Waals surface area (Å²) in [5, 5.41) is 70.9. The van der Waals surface area contributed by atoms with Gasteiger partial charge in [0.1, 0.15) is 42.7 Å². The molecule has 1 rings (SSSR count). The molecule has 0 aromatic heterocycles. The van der Waals surface area contributed by atoms with Crippen LogP contribution in [-0.2, 0) is 14.3 Å². The van der Waals surface area contributed by atoms with Crippen LogP contribution in [0.1, 0.15) is 6.92 Å². The van der Waals surface area contributed by atoms with E-state index in [1.165, 1.54) is 6.92 Å². The lowest BCUT2D eigenvalue weighted by Crippen LogP contribution is -2.63. The van der Waals surface area contributed by atoms with Gasteiger partial charge in [0.05, 0.1) is 19.3 Å². The Labute approximate surface area is 155 Å². The van der Waals surface area contributed by atoms with Gasteiger partial charge in [-0.1, -0.05) is 0 Å². The predicted molar refractivity (Wildman–Crippen MR) is 87.5 cm³/mol. The van der Waals surface area contributed by atoms with E-state index in [9.17, 15) is 40.5 Å². The van der Waals surface area contributed by atoms with Gasteiger partial charge in [-0.15, -0.1) is 0 Å². The first-order chi connectivity index (χ1) is 12.7. The Kier molecular flexibility index (Phi) is 9.92. The summed E-state index contributed by atoms with van der Waals surface area (Å²) in [6, 6.07) is -1.05. The highest BCUT2D eigenvalue weighted by Crippen LogP contribution is 2.24. The zero-order valence-corrected chi connectivity index (χ0v) is 14.8. The summed E-state index contributed by atoms with van der Waals surface area (Å²) in [5.74, 6) is 4.69. The highest BCUT2D eigenvalue weighted by Gasteiger charge is 2.46. The molecule has 1 aliphatic rings. The van der Waals surface area contributed by atoms with Crippen LogP contribution < -0.4 is 16.6 Å². The van der Waals surface area contributed by atoms with E-state index in [0.717, 1.165) is 0 Å². The van der Waals surface area contributed by atoms with Crippen molar-refractivity contribution < 1.29 is 50.0 Å². The van der Waals surface area contributed by atoms with E-state index < -0.39 is 74.2 Å². The molecule has 13 heteroatoms. The minimum absolute atomic E-state index is 0.132. The van der Waals surface area contributed by atoms with Crippen molar-refractivity contribution in [2.75, 3.05) is 19.8 Å². The lowest BCUT2D eigenvalue weighted by molar-refractivity contribution is -0.325. The van der Waals surface area contributed by atoms with Crippen molar-refractivity contribution in [1.82, 2.24) is 10.7 Å². The fraction of sp³-hybridized carbons (Fsp3) is 0.929. The maximum absolute atomic E-state index is 11.3. The lowest BCUT2D eigenvalue weighted by atomic mass is 9.98. The van der Waals surface area contributed by atoms with Gasteiger partial charge in [0, 0.05) is 13.5 Å². The average molecular weight is 399 g/mol. The van der Waals surface area contributed by atoms with E-state index >= 15 is 0 Å². The molecule has 1 saturated heterocycles. The third-order valence-corrected chi connectivity index (χ3v) is 4.18. The molecule has 1 amide bonds. The molecule has 0 bridgehead atoms. The first-order valence-electron chi connectivity index (χ1n) is 8.31. The van der Waals surface area contributed by atoms with Gasteiger partial charge in [-0.3, -0.25) is 16.1 Å². The van der Waals surface area contributed by atoms with Gasteiger partial charge in [0.25, 0.3) is 0 Å². The summed E-state index contributed by atoms with van der Waals surface area (Å²) < 4.78 is 10.5. The van der Waals surface area contributed by atoms with E-state index in [2.05, 4.69) is 10.7 Å². The van der Waals surface area contributed by atoms with Crippen LogP contribution >= 0.6 is 0 Å². The highest BCUT2D eigenvalue weighted by molar-refractivity contribution is 5.73. The van der Waals surface area contributed by atoms with Crippen molar-refractivity contribution in [3.8, 4) is 0 Å². The van der Waals surface area contributed by atoms with E-state index in [-0.39, 0.29) is 6.54 Å². The van der Waals surface area contributed by atoms with Crippen LogP contribution in [0, 0.1) is 0 Å². The Morgan fingerprint density at radius 1 is 1.19 bits per heavy atom. The molecule has 1 fully saturated rings. The molecule has 0 spiro atoms. The summed E-state index contributed by atoms with van der Waals surface area (Å²) in [5.41, 5.74) is 2.25. The largest absolute Gasteiger partial charge is 0.394 e. The number of nitrogens with one attached hydrogen (secondary N) is 2. The van der Waals surface area contributed by atoms with Crippen LogP contribution in [0.25, 0.3) is 0 Å². The summed E-state index contributed by atoms with van der Waals surface area (Å²) in [6.07, 6.45) is -13.0. The molecule has 11 N–H and O–H groups in total. The average Bonchev–Trinajstić information content (AvgIpc) is 2.64. The molecule has 1 heterocycles. The molecule has 0 unspecified atom stereocenters. The van der Waals surface area contributed by atoms with Crippen LogP contribution in [-0.4, -0.2) is 116 Å². The van der Waals surface area contributed by atoms with Gasteiger partial charge in [-0.05, 0) is 0 Å². The number of hydrogen-bond donors (Lipinski definition) is 10. The van der Waals surface area contributed by atoms with Crippen LogP contribution in [0.3, 0.4) is 0 Å². The van der Waals surface area contributed by atoms with Gasteiger partial charge < -0.3 is 50.5 Å². The van der Waals surface area contributed by atoms with E-state index in [1.54, 1.807) is 0 Å². The van der Waals surface area contributed by atoms with Crippen molar-refractivity contribution >= 4 is 5.91 Å². The lowest BCUT2D eigenvalue weighted by Gasteiger charge is -2.42. The van der Waals surface area contributed by atoms with Crippen LogP contribution in [0.4, 0.5) is 0 Å². The van der Waals surface area contributed by atoms with E-state index in [0.29, 0.717) is 0 Å². The summed E-state index contributed by atoms with van der Waals surface area (Å²) in [4.78, 5) is 11.3. The number of aliphatic hydroxyl groups excluding tert-OH is 7. The first kappa shape index (κ1) is 24.1. The third-order valence-electron chi connectivity index (χ3n) is 4.18. The van der Waals surface area contributed by atoms with Crippen molar-refractivity contribution in [2.24, 2.45) is 5.84 Å². The summed E-state index contributed by atoms with van der Waals surface area (Å²) in [6.45, 7) is -0.492. The summed E-state index contributed by atoms with van der Waals surface area (Å²) in [7, 11) is 0. The molecule has 160 valence electrons. The van der Waals surface area contributed by atoms with Gasteiger partial charge in [0.2, 0.25) is 5.91 Å². The first-order valence-corrected chi connectivity index (χ1v) is 8.31. The SMILES string of the molecule is CC(=O)N[C@@H](CNN)[C@@H](O)[C@H](O[C@@H]1O[C@H](CO)[C@H](O)[C@H](O)[C@H]1O)[C@H](O)CO. The Hall–Kier alpha value is -0.970. The third kappa shape index (κ3) is 6.27. The molecule has 0 radical (unpaired) electrons. The van der Waals surface area contributed by atoms with E-state index in [1.807, 2.05) is 0 Å². The minimum atomic E-state index is -1.78. The Morgan fingerprint density at radius 3 is 2.30 bits per heavy atom. The fourth-order valence-corrected chi connectivity index (χ4v) is 2.71. The van der Waals surface area contributed by atoms with Crippen molar-refractivity contribution in [1.29, 1.82) is 0 Å². The molecule has 0 aliphatic carbocycles. The normalized spacial score (nSPS) is 33.1. The van der Waals surface area contributed by atoms with Gasteiger partial charge in [0.15, 0.2) is 6.29 Å². The quantitative estimate of drug-likeness (QED) is 0.122. The summed E-state index contributed by atoms with van der Waals surface area (Å²) >= 11 is 0. The molecule has 1 aliphatic heterocycles. The smallest absolute Gasteiger partial charge is 0.217 e. The van der Waals surface area contributed by atoms with Crippen molar-refractivity contribution in [3.05, 3.63) is 0 Å². The molecule has 27 heavy (non-hydrogen) atoms.